The summed E-state index contributed by atoms with van der Waals surface area (Å²) in [5, 5.41) is 8.87. The average molecular weight is 284 g/mol. The third-order valence-electron chi connectivity index (χ3n) is 2.40. The molecule has 0 amide bonds. The molecular weight excluding hydrogens is 259 g/mol. The number of phosphoric ester groups is 1. The Labute approximate surface area is 109 Å². The molecular formula is C11H25O6P. The largest absolute Gasteiger partial charge is 0.469 e. The molecule has 0 heterocycles. The lowest BCUT2D eigenvalue weighted by molar-refractivity contribution is -0.0113. The zero-order valence-electron chi connectivity index (χ0n) is 11.5. The molecule has 0 radical (unpaired) electrons. The third kappa shape index (κ3) is 10.00. The lowest BCUT2D eigenvalue weighted by Gasteiger charge is -2.28. The lowest BCUT2D eigenvalue weighted by Crippen LogP contribution is -2.29. The van der Waals surface area contributed by atoms with Crippen LogP contribution in [0.2, 0.25) is 0 Å². The number of aliphatic hydroxyl groups excluding tert-OH is 1. The number of hydrogen-bond acceptors (Lipinski definition) is 4. The highest BCUT2D eigenvalue weighted by Gasteiger charge is 2.26. The van der Waals surface area contributed by atoms with Gasteiger partial charge in [0.25, 0.3) is 0 Å². The molecule has 0 unspecified atom stereocenters. The van der Waals surface area contributed by atoms with Crippen molar-refractivity contribution in [1.29, 1.82) is 0 Å². The van der Waals surface area contributed by atoms with Gasteiger partial charge in [0.05, 0.1) is 19.8 Å². The molecule has 0 saturated carbocycles. The number of aliphatic hydroxyl groups is 1. The van der Waals surface area contributed by atoms with Crippen LogP contribution in [-0.2, 0) is 13.8 Å². The molecule has 0 aromatic carbocycles. The van der Waals surface area contributed by atoms with Crippen LogP contribution in [0.3, 0.4) is 0 Å². The molecule has 0 aliphatic carbocycles. The minimum absolute atomic E-state index is 0.0717. The van der Waals surface area contributed by atoms with E-state index in [0.717, 1.165) is 0 Å². The van der Waals surface area contributed by atoms with Crippen molar-refractivity contribution in [3.63, 3.8) is 0 Å². The summed E-state index contributed by atoms with van der Waals surface area (Å²) in [5.74, 6) is 0. The van der Waals surface area contributed by atoms with Crippen molar-refractivity contribution in [3.8, 4) is 0 Å². The number of hydrogen-bond donors (Lipinski definition) is 3. The van der Waals surface area contributed by atoms with Crippen molar-refractivity contribution in [1.82, 2.24) is 0 Å². The lowest BCUT2D eigenvalue weighted by atomic mass is 9.90. The van der Waals surface area contributed by atoms with Crippen LogP contribution in [0, 0.1) is 10.8 Å². The van der Waals surface area contributed by atoms with Gasteiger partial charge in [-0.1, -0.05) is 27.7 Å². The average Bonchev–Trinajstić information content (AvgIpc) is 2.13. The van der Waals surface area contributed by atoms with E-state index in [4.69, 9.17) is 19.6 Å². The molecule has 0 saturated heterocycles. The first kappa shape index (κ1) is 18.0. The van der Waals surface area contributed by atoms with Crippen molar-refractivity contribution in [2.75, 3.05) is 26.4 Å². The maximum Gasteiger partial charge on any atom is 0.469 e. The summed E-state index contributed by atoms with van der Waals surface area (Å²) in [6.45, 7) is 8.45. The van der Waals surface area contributed by atoms with Crippen molar-refractivity contribution in [2.45, 2.75) is 34.1 Å². The van der Waals surface area contributed by atoms with Crippen LogP contribution in [0.15, 0.2) is 0 Å². The Morgan fingerprint density at radius 2 is 1.50 bits per heavy atom. The van der Waals surface area contributed by atoms with Crippen molar-refractivity contribution >= 4 is 7.82 Å². The minimum atomic E-state index is -4.43. The van der Waals surface area contributed by atoms with E-state index in [9.17, 15) is 4.57 Å². The normalized spacial score (nSPS) is 13.9. The second-order valence-corrected chi connectivity index (χ2v) is 7.30. The van der Waals surface area contributed by atoms with Gasteiger partial charge in [0.1, 0.15) is 0 Å². The van der Waals surface area contributed by atoms with Crippen LogP contribution in [0.1, 0.15) is 34.1 Å². The Hall–Kier alpha value is 0.0300. The number of phosphoric acid groups is 1. The van der Waals surface area contributed by atoms with Gasteiger partial charge in [-0.25, -0.2) is 4.57 Å². The Morgan fingerprint density at radius 1 is 1.00 bits per heavy atom. The van der Waals surface area contributed by atoms with E-state index < -0.39 is 13.2 Å². The van der Waals surface area contributed by atoms with Gasteiger partial charge in [0, 0.05) is 12.0 Å². The van der Waals surface area contributed by atoms with E-state index in [1.807, 2.05) is 27.7 Å². The van der Waals surface area contributed by atoms with Crippen LogP contribution in [0.5, 0.6) is 0 Å². The summed E-state index contributed by atoms with van der Waals surface area (Å²) in [6, 6.07) is 0. The molecule has 0 aromatic rings. The first-order chi connectivity index (χ1) is 7.97. The van der Waals surface area contributed by atoms with E-state index in [2.05, 4.69) is 4.52 Å². The fraction of sp³-hybridized carbons (Fsp3) is 1.00. The zero-order valence-corrected chi connectivity index (χ0v) is 12.4. The second-order valence-electron chi connectivity index (χ2n) is 6.06. The van der Waals surface area contributed by atoms with Crippen molar-refractivity contribution < 1.29 is 28.7 Å². The maximum atomic E-state index is 10.6. The number of rotatable bonds is 9. The Bertz CT molecular complexity index is 283. The molecule has 0 spiro atoms. The summed E-state index contributed by atoms with van der Waals surface area (Å²) < 4.78 is 20.6. The Morgan fingerprint density at radius 3 is 1.94 bits per heavy atom. The standard InChI is InChI=1S/C11H25O6P/c1-10(2,5-6-12)7-16-8-11(3,4)9-17-18(13,14)15/h12H,5-9H2,1-4H3,(H2,13,14,15). The fourth-order valence-corrected chi connectivity index (χ4v) is 1.80. The quantitative estimate of drug-likeness (QED) is 0.556. The molecule has 3 N–H and O–H groups in total. The molecule has 7 heteroatoms. The van der Waals surface area contributed by atoms with Crippen molar-refractivity contribution in [3.05, 3.63) is 0 Å². The van der Waals surface area contributed by atoms with E-state index in [-0.39, 0.29) is 18.6 Å². The van der Waals surface area contributed by atoms with Crippen LogP contribution in [0.25, 0.3) is 0 Å². The number of ether oxygens (including phenoxy) is 1. The van der Waals surface area contributed by atoms with Gasteiger partial charge in [0.2, 0.25) is 0 Å². The minimum Gasteiger partial charge on any atom is -0.396 e. The molecule has 0 rings (SSSR count). The summed E-state index contributed by atoms with van der Waals surface area (Å²) >= 11 is 0. The molecule has 0 fully saturated rings. The molecule has 6 nitrogen and oxygen atoms in total. The van der Waals surface area contributed by atoms with Gasteiger partial charge in [-0.05, 0) is 11.8 Å². The van der Waals surface area contributed by atoms with E-state index in [1.165, 1.54) is 0 Å². The highest BCUT2D eigenvalue weighted by atomic mass is 31.2. The molecule has 0 atom stereocenters. The maximum absolute atomic E-state index is 10.6. The van der Waals surface area contributed by atoms with Crippen molar-refractivity contribution in [2.24, 2.45) is 10.8 Å². The molecule has 110 valence electrons. The first-order valence-corrected chi connectivity index (χ1v) is 7.39. The smallest absolute Gasteiger partial charge is 0.396 e. The van der Waals surface area contributed by atoms with E-state index >= 15 is 0 Å². The van der Waals surface area contributed by atoms with E-state index in [1.54, 1.807) is 0 Å². The zero-order chi connectivity index (χ0) is 14.4. The Kier molecular flexibility index (Phi) is 7.00. The SMILES string of the molecule is CC(C)(CCO)COCC(C)(C)COP(=O)(O)O. The third-order valence-corrected chi connectivity index (χ3v) is 2.86. The predicted molar refractivity (Wildman–Crippen MR) is 68.1 cm³/mol. The molecule has 0 aliphatic heterocycles. The highest BCUT2D eigenvalue weighted by Crippen LogP contribution is 2.38. The molecule has 18 heavy (non-hydrogen) atoms. The molecule has 0 bridgehead atoms. The predicted octanol–water partition coefficient (Wildman–Crippen LogP) is 1.55. The monoisotopic (exact) mass is 284 g/mol. The van der Waals surface area contributed by atoms with Gasteiger partial charge in [-0.15, -0.1) is 0 Å². The van der Waals surface area contributed by atoms with E-state index in [0.29, 0.717) is 19.6 Å². The topological polar surface area (TPSA) is 96.2 Å². The first-order valence-electron chi connectivity index (χ1n) is 5.86. The molecule has 0 aliphatic rings. The van der Waals surface area contributed by atoms with Crippen LogP contribution >= 0.6 is 7.82 Å². The summed E-state index contributed by atoms with van der Waals surface area (Å²) in [7, 11) is -4.43. The van der Waals surface area contributed by atoms with Crippen LogP contribution in [-0.4, -0.2) is 41.3 Å². The van der Waals surface area contributed by atoms with Gasteiger partial charge < -0.3 is 19.6 Å². The van der Waals surface area contributed by atoms with Gasteiger partial charge in [-0.2, -0.15) is 0 Å². The summed E-state index contributed by atoms with van der Waals surface area (Å²) in [5.41, 5.74) is -0.592. The second kappa shape index (κ2) is 6.98. The van der Waals surface area contributed by atoms with Gasteiger partial charge in [0.15, 0.2) is 0 Å². The van der Waals surface area contributed by atoms with Gasteiger partial charge in [-0.3, -0.25) is 4.52 Å². The summed E-state index contributed by atoms with van der Waals surface area (Å²) in [6.07, 6.45) is 0.645. The fourth-order valence-electron chi connectivity index (χ4n) is 1.28. The van der Waals surface area contributed by atoms with Gasteiger partial charge >= 0.3 is 7.82 Å². The Balaban J connectivity index is 4.00. The van der Waals surface area contributed by atoms with Crippen LogP contribution < -0.4 is 0 Å². The summed E-state index contributed by atoms with van der Waals surface area (Å²) in [4.78, 5) is 17.3. The molecule has 0 aromatic heterocycles. The van der Waals surface area contributed by atoms with Crippen LogP contribution in [0.4, 0.5) is 0 Å². The highest BCUT2D eigenvalue weighted by molar-refractivity contribution is 7.46.